The van der Waals surface area contributed by atoms with Crippen molar-refractivity contribution in [2.45, 2.75) is 0 Å². The molecule has 10 aromatic carbocycles. The van der Waals surface area contributed by atoms with Crippen LogP contribution in [0.5, 0.6) is 0 Å². The van der Waals surface area contributed by atoms with Gasteiger partial charge in [0.05, 0.1) is 5.69 Å². The number of nitrogens with two attached hydrogens (primary N) is 1. The van der Waals surface area contributed by atoms with Gasteiger partial charge in [-0.05, 0) is 130 Å². The Hall–Kier alpha value is -5.03. The smallest absolute Gasteiger partial charge is 0.0528 e. The van der Waals surface area contributed by atoms with E-state index in [4.69, 9.17) is 5.73 Å². The van der Waals surface area contributed by atoms with Crippen LogP contribution in [0, 0.1) is 3.57 Å². The van der Waals surface area contributed by atoms with Gasteiger partial charge in [0.1, 0.15) is 0 Å². The van der Waals surface area contributed by atoms with Crippen LogP contribution in [0.25, 0.3) is 83.4 Å². The molecule has 12 rings (SSSR count). The van der Waals surface area contributed by atoms with Gasteiger partial charge in [0.25, 0.3) is 0 Å². The first kappa shape index (κ1) is 38.2. The molecule has 0 unspecified atom stereocenters. The van der Waals surface area contributed by atoms with E-state index in [9.17, 15) is 0 Å². The van der Waals surface area contributed by atoms with E-state index < -0.39 is 0 Å². The van der Waals surface area contributed by atoms with Crippen molar-refractivity contribution in [3.05, 3.63) is 195 Å². The van der Waals surface area contributed by atoms with E-state index in [1.165, 1.54) is 87.0 Å². The summed E-state index contributed by atoms with van der Waals surface area (Å²) in [6, 6.07) is 64.4. The minimum absolute atomic E-state index is 0.785. The Kier molecular flexibility index (Phi) is 10.5. The molecule has 0 spiro atoms. The lowest BCUT2D eigenvalue weighted by atomic mass is 9.99. The Morgan fingerprint density at radius 3 is 1.42 bits per heavy atom. The van der Waals surface area contributed by atoms with Crippen molar-refractivity contribution in [2.24, 2.45) is 0 Å². The van der Waals surface area contributed by atoms with Crippen molar-refractivity contribution in [1.82, 2.24) is 0 Å². The van der Waals surface area contributed by atoms with Gasteiger partial charge in [-0.25, -0.2) is 0 Å². The van der Waals surface area contributed by atoms with Crippen molar-refractivity contribution in [2.75, 3.05) is 11.1 Å². The molecule has 0 atom stereocenters. The van der Waals surface area contributed by atoms with E-state index in [2.05, 4.69) is 205 Å². The highest BCUT2D eigenvalue weighted by Crippen LogP contribution is 2.44. The van der Waals surface area contributed by atoms with Gasteiger partial charge in [0, 0.05) is 80.4 Å². The molecule has 0 fully saturated rings. The van der Waals surface area contributed by atoms with Crippen LogP contribution in [0.15, 0.2) is 191 Å². The average molecular weight is 1040 g/mol. The maximum Gasteiger partial charge on any atom is 0.0528 e. The largest absolute Gasteiger partial charge is 0.398 e. The average Bonchev–Trinajstić information content (AvgIpc) is 3.85. The van der Waals surface area contributed by atoms with Gasteiger partial charge in [0.15, 0.2) is 0 Å². The molecule has 0 bridgehead atoms. The lowest BCUT2D eigenvalue weighted by molar-refractivity contribution is 1.55. The molecule has 0 amide bonds. The summed E-state index contributed by atoms with van der Waals surface area (Å²) in [7, 11) is 0. The molecule has 3 N–H and O–H groups in total. The summed E-state index contributed by atoms with van der Waals surface area (Å²) in [6.45, 7) is 0. The number of benzene rings is 10. The van der Waals surface area contributed by atoms with Gasteiger partial charge in [-0.2, -0.15) is 0 Å². The van der Waals surface area contributed by atoms with Crippen molar-refractivity contribution >= 4 is 178 Å². The first-order valence-electron chi connectivity index (χ1n) is 19.1. The number of nitrogens with one attached hydrogen (secondary N) is 1. The van der Waals surface area contributed by atoms with Crippen LogP contribution in [0.1, 0.15) is 0 Å². The number of para-hydroxylation sites is 2. The number of rotatable bonds is 2. The second-order valence-corrected chi connectivity index (χ2v) is 19.2. The molecule has 0 aliphatic rings. The number of anilines is 3. The minimum Gasteiger partial charge on any atom is -0.398 e. The zero-order chi connectivity index (χ0) is 40.0. The van der Waals surface area contributed by atoms with Gasteiger partial charge in [-0.3, -0.25) is 0 Å². The van der Waals surface area contributed by atoms with E-state index in [-0.39, 0.29) is 0 Å². The predicted octanol–water partition coefficient (Wildman–Crippen LogP) is 17.9. The Bertz CT molecular complexity index is 3540. The zero-order valence-electron chi connectivity index (χ0n) is 31.3. The molecule has 284 valence electrons. The second kappa shape index (κ2) is 16.2. The number of halogens is 3. The summed E-state index contributed by atoms with van der Waals surface area (Å²) < 4.78 is 8.82. The third kappa shape index (κ3) is 7.13. The standard InChI is InChI=1S/C26H16BrNS.C20H11IS.C6H6BrN/c27-21-8-2-3-9-23(21)28-22-10-5-7-19-17(22)14-12-16-13-15-20-18-6-1-4-11-24(18)29-26(20)25(16)19;21-17-6-3-5-15-13(17)10-8-12-9-11-16-14-4-1-2-7-18(14)22-20(16)19(12)15;7-5-3-1-2-4-6(5)8/h1-15,28H;1-11H;1-4H,8H2. The quantitative estimate of drug-likeness (QED) is 0.103. The van der Waals surface area contributed by atoms with Gasteiger partial charge >= 0.3 is 0 Å². The van der Waals surface area contributed by atoms with Gasteiger partial charge in [-0.1, -0.05) is 133 Å². The van der Waals surface area contributed by atoms with E-state index >= 15 is 0 Å². The lowest BCUT2D eigenvalue weighted by Crippen LogP contribution is -1.92. The number of fused-ring (bicyclic) bond motifs is 14. The Labute approximate surface area is 379 Å². The predicted molar refractivity (Wildman–Crippen MR) is 277 cm³/mol. The summed E-state index contributed by atoms with van der Waals surface area (Å²) >= 11 is 13.2. The maximum absolute atomic E-state index is 5.47. The number of thiophene rings is 2. The van der Waals surface area contributed by atoms with Crippen molar-refractivity contribution in [3.63, 3.8) is 0 Å². The molecule has 0 aliphatic carbocycles. The van der Waals surface area contributed by atoms with Crippen molar-refractivity contribution in [1.29, 1.82) is 0 Å². The summed E-state index contributed by atoms with van der Waals surface area (Å²) in [5, 5.41) is 19.6. The van der Waals surface area contributed by atoms with Crippen LogP contribution in [-0.2, 0) is 0 Å². The number of hydrogen-bond donors (Lipinski definition) is 2. The highest BCUT2D eigenvalue weighted by Gasteiger charge is 2.14. The second-order valence-electron chi connectivity index (χ2n) is 14.3. The van der Waals surface area contributed by atoms with E-state index in [0.717, 1.165) is 26.0 Å². The third-order valence-corrected chi connectivity index (χ3v) is 15.5. The van der Waals surface area contributed by atoms with Crippen LogP contribution >= 0.6 is 77.1 Å². The normalized spacial score (nSPS) is 11.4. The fraction of sp³-hybridized carbons (Fsp3) is 0. The first-order chi connectivity index (χ1) is 28.9. The monoisotopic (exact) mass is 1030 g/mol. The zero-order valence-corrected chi connectivity index (χ0v) is 38.3. The summed E-state index contributed by atoms with van der Waals surface area (Å²) in [4.78, 5) is 0. The molecule has 0 aliphatic heterocycles. The van der Waals surface area contributed by atoms with Crippen LogP contribution in [0.4, 0.5) is 17.1 Å². The highest BCUT2D eigenvalue weighted by molar-refractivity contribution is 14.1. The van der Waals surface area contributed by atoms with Crippen molar-refractivity contribution in [3.8, 4) is 0 Å². The first-order valence-corrected chi connectivity index (χ1v) is 23.4. The molecule has 2 aromatic heterocycles. The SMILES string of the molecule is Brc1ccccc1Nc1cccc2c1ccc1ccc3c4ccccc4sc3c12.Ic1cccc2c1ccc1ccc3c4ccccc4sc3c12.Nc1ccccc1Br. The van der Waals surface area contributed by atoms with Gasteiger partial charge in [-0.15, -0.1) is 22.7 Å². The van der Waals surface area contributed by atoms with E-state index in [1.807, 2.05) is 59.1 Å². The van der Waals surface area contributed by atoms with Crippen LogP contribution < -0.4 is 11.1 Å². The maximum atomic E-state index is 5.47. The van der Waals surface area contributed by atoms with E-state index in [1.54, 1.807) is 0 Å². The molecule has 7 heteroatoms. The Balaban J connectivity index is 0.000000123. The van der Waals surface area contributed by atoms with Crippen LogP contribution in [0.3, 0.4) is 0 Å². The molecule has 2 nitrogen and oxygen atoms in total. The lowest BCUT2D eigenvalue weighted by Gasteiger charge is -2.13. The number of nitrogen functional groups attached to an aromatic ring is 1. The van der Waals surface area contributed by atoms with E-state index in [0.29, 0.717) is 0 Å². The summed E-state index contributed by atoms with van der Waals surface area (Å²) in [5.41, 5.74) is 8.45. The fourth-order valence-corrected chi connectivity index (χ4v) is 11.9. The molecule has 0 saturated carbocycles. The van der Waals surface area contributed by atoms with Gasteiger partial charge < -0.3 is 11.1 Å². The molecule has 12 aromatic rings. The third-order valence-electron chi connectivity index (χ3n) is 10.8. The molecular weight excluding hydrogens is 1000 g/mol. The fourth-order valence-electron chi connectivity index (χ4n) is 7.97. The molecule has 0 radical (unpaired) electrons. The Morgan fingerprint density at radius 1 is 0.390 bits per heavy atom. The molecular formula is C52H33Br2IN2S2. The summed E-state index contributed by atoms with van der Waals surface area (Å²) in [5.74, 6) is 0. The summed E-state index contributed by atoms with van der Waals surface area (Å²) in [6.07, 6.45) is 0. The van der Waals surface area contributed by atoms with Crippen molar-refractivity contribution < 1.29 is 0 Å². The van der Waals surface area contributed by atoms with Gasteiger partial charge in [0.2, 0.25) is 0 Å². The molecule has 0 saturated heterocycles. The topological polar surface area (TPSA) is 38.0 Å². The van der Waals surface area contributed by atoms with Crippen LogP contribution in [0.2, 0.25) is 0 Å². The minimum atomic E-state index is 0.785. The molecule has 59 heavy (non-hydrogen) atoms. The molecule has 2 heterocycles. The van der Waals surface area contributed by atoms with Crippen LogP contribution in [-0.4, -0.2) is 0 Å². The highest BCUT2D eigenvalue weighted by atomic mass is 127. The number of hydrogen-bond acceptors (Lipinski definition) is 4. The Morgan fingerprint density at radius 2 is 0.847 bits per heavy atom.